The third-order valence-corrected chi connectivity index (χ3v) is 7.93. The van der Waals surface area contributed by atoms with E-state index in [0.29, 0.717) is 30.8 Å². The highest BCUT2D eigenvalue weighted by molar-refractivity contribution is 7.89. The number of fused-ring (bicyclic) bond motifs is 1. The smallest absolute Gasteiger partial charge is 0.426 e. The van der Waals surface area contributed by atoms with Crippen molar-refractivity contribution in [3.05, 3.63) is 54.3 Å². The summed E-state index contributed by atoms with van der Waals surface area (Å²) in [5, 5.41) is 4.07. The molecule has 1 aliphatic carbocycles. The fraction of sp³-hybridized carbons (Fsp3) is 0.444. The zero-order chi connectivity index (χ0) is 28.0. The number of carbonyl (C=O) groups is 1. The van der Waals surface area contributed by atoms with Gasteiger partial charge in [-0.3, -0.25) is 5.43 Å². The average molecular weight is 559 g/mol. The van der Waals surface area contributed by atoms with E-state index in [9.17, 15) is 17.6 Å². The Morgan fingerprint density at radius 3 is 2.28 bits per heavy atom. The van der Waals surface area contributed by atoms with Crippen LogP contribution >= 0.6 is 0 Å². The van der Waals surface area contributed by atoms with E-state index >= 15 is 0 Å². The van der Waals surface area contributed by atoms with Crippen molar-refractivity contribution < 1.29 is 22.3 Å². The predicted octanol–water partition coefficient (Wildman–Crippen LogP) is 4.82. The first-order valence-corrected chi connectivity index (χ1v) is 14.5. The maximum Gasteiger partial charge on any atom is 0.426 e. The van der Waals surface area contributed by atoms with Gasteiger partial charge in [-0.05, 0) is 94.7 Å². The van der Waals surface area contributed by atoms with Crippen molar-refractivity contribution in [1.29, 1.82) is 0 Å². The Balaban J connectivity index is 1.29. The summed E-state index contributed by atoms with van der Waals surface area (Å²) in [5.41, 5.74) is 5.47. The maximum atomic E-state index is 13.1. The Morgan fingerprint density at radius 2 is 1.62 bits per heavy atom. The number of amides is 1. The number of ether oxygens (including phenoxy) is 1. The fourth-order valence-corrected chi connectivity index (χ4v) is 5.58. The number of rotatable bonds is 9. The van der Waals surface area contributed by atoms with Crippen molar-refractivity contribution in [2.45, 2.75) is 57.0 Å². The zero-order valence-electron chi connectivity index (χ0n) is 22.3. The minimum absolute atomic E-state index is 0.0623. The molecule has 12 heteroatoms. The number of hydrogen-bond donors (Lipinski definition) is 4. The van der Waals surface area contributed by atoms with Gasteiger partial charge >= 0.3 is 6.09 Å². The second-order valence-electron chi connectivity index (χ2n) is 10.7. The lowest BCUT2D eigenvalue weighted by molar-refractivity contribution is 0.0541. The molecular formula is C27H35FN6O4S. The van der Waals surface area contributed by atoms with Gasteiger partial charge in [-0.1, -0.05) is 12.1 Å². The Hall–Kier alpha value is -3.51. The van der Waals surface area contributed by atoms with Gasteiger partial charge < -0.3 is 10.1 Å². The van der Waals surface area contributed by atoms with Crippen LogP contribution in [-0.2, 0) is 14.8 Å². The SMILES string of the molecule is CC(C)(C)OC(=O)NNc1nc(NC[C@H]2CC[C@H](CNS(=O)(=O)c3ccc(F)cc3)CC2)nc2ccccc12. The molecule has 0 unspecified atom stereocenters. The first-order valence-electron chi connectivity index (χ1n) is 13.0. The molecule has 1 aliphatic rings. The topological polar surface area (TPSA) is 134 Å². The molecule has 0 radical (unpaired) electrons. The van der Waals surface area contributed by atoms with E-state index < -0.39 is 27.5 Å². The van der Waals surface area contributed by atoms with Gasteiger partial charge in [0.05, 0.1) is 10.4 Å². The minimum atomic E-state index is -3.66. The molecule has 1 saturated carbocycles. The lowest BCUT2D eigenvalue weighted by Crippen LogP contribution is -2.36. The van der Waals surface area contributed by atoms with Crippen molar-refractivity contribution in [2.75, 3.05) is 23.8 Å². The van der Waals surface area contributed by atoms with Gasteiger partial charge in [0.1, 0.15) is 11.4 Å². The summed E-state index contributed by atoms with van der Waals surface area (Å²) >= 11 is 0. The molecule has 210 valence electrons. The molecule has 1 fully saturated rings. The number of anilines is 2. The van der Waals surface area contributed by atoms with E-state index in [1.165, 1.54) is 12.1 Å². The quantitative estimate of drug-likeness (QED) is 0.275. The third kappa shape index (κ3) is 8.24. The first-order chi connectivity index (χ1) is 18.5. The predicted molar refractivity (Wildman–Crippen MR) is 148 cm³/mol. The Kier molecular flexibility index (Phi) is 8.86. The van der Waals surface area contributed by atoms with Crippen LogP contribution in [0.5, 0.6) is 0 Å². The van der Waals surface area contributed by atoms with E-state index in [1.54, 1.807) is 20.8 Å². The molecule has 4 rings (SSSR count). The van der Waals surface area contributed by atoms with Crippen LogP contribution in [0, 0.1) is 17.7 Å². The summed E-state index contributed by atoms with van der Waals surface area (Å²) < 4.78 is 46.0. The molecule has 3 aromatic rings. The Morgan fingerprint density at radius 1 is 0.974 bits per heavy atom. The van der Waals surface area contributed by atoms with Crippen molar-refractivity contribution >= 4 is 38.8 Å². The fourth-order valence-electron chi connectivity index (χ4n) is 4.46. The van der Waals surface area contributed by atoms with Crippen LogP contribution in [0.1, 0.15) is 46.5 Å². The number of aromatic nitrogens is 2. The molecule has 0 atom stereocenters. The highest BCUT2D eigenvalue weighted by Crippen LogP contribution is 2.29. The molecule has 0 saturated heterocycles. The number of nitrogens with zero attached hydrogens (tertiary/aromatic N) is 2. The number of hydrazine groups is 1. The monoisotopic (exact) mass is 558 g/mol. The lowest BCUT2D eigenvalue weighted by atomic mass is 9.82. The average Bonchev–Trinajstić information content (AvgIpc) is 2.89. The van der Waals surface area contributed by atoms with Crippen molar-refractivity contribution in [1.82, 2.24) is 20.1 Å². The first kappa shape index (κ1) is 28.5. The number of para-hydroxylation sites is 1. The van der Waals surface area contributed by atoms with Crippen molar-refractivity contribution in [3.8, 4) is 0 Å². The minimum Gasteiger partial charge on any atom is -0.443 e. The Bertz CT molecular complexity index is 1390. The van der Waals surface area contributed by atoms with Gasteiger partial charge in [-0.2, -0.15) is 4.98 Å². The summed E-state index contributed by atoms with van der Waals surface area (Å²) in [7, 11) is -3.66. The van der Waals surface area contributed by atoms with Crippen molar-refractivity contribution in [3.63, 3.8) is 0 Å². The molecule has 10 nitrogen and oxygen atoms in total. The van der Waals surface area contributed by atoms with Gasteiger partial charge in [0.15, 0.2) is 5.82 Å². The molecular weight excluding hydrogens is 523 g/mol. The van der Waals surface area contributed by atoms with Crippen LogP contribution in [0.4, 0.5) is 21.0 Å². The summed E-state index contributed by atoms with van der Waals surface area (Å²) in [6.07, 6.45) is 3.05. The van der Waals surface area contributed by atoms with Crippen LogP contribution in [0.2, 0.25) is 0 Å². The molecule has 39 heavy (non-hydrogen) atoms. The summed E-state index contributed by atoms with van der Waals surface area (Å²) in [6.45, 7) is 6.39. The second-order valence-corrected chi connectivity index (χ2v) is 12.5. The number of sulfonamides is 1. The third-order valence-electron chi connectivity index (χ3n) is 6.49. The molecule has 1 heterocycles. The molecule has 0 bridgehead atoms. The highest BCUT2D eigenvalue weighted by atomic mass is 32.2. The number of halogens is 1. The van der Waals surface area contributed by atoms with Gasteiger partial charge in [0.25, 0.3) is 0 Å². The highest BCUT2D eigenvalue weighted by Gasteiger charge is 2.24. The Labute approximate surface area is 228 Å². The van der Waals surface area contributed by atoms with Crippen LogP contribution in [0.25, 0.3) is 10.9 Å². The summed E-state index contributed by atoms with van der Waals surface area (Å²) in [5.74, 6) is 1.05. The van der Waals surface area contributed by atoms with Crippen LogP contribution in [0.15, 0.2) is 53.4 Å². The van der Waals surface area contributed by atoms with Gasteiger partial charge in [0, 0.05) is 18.5 Å². The molecule has 1 amide bonds. The van der Waals surface area contributed by atoms with Crippen LogP contribution in [-0.4, -0.2) is 43.2 Å². The molecule has 0 aliphatic heterocycles. The normalized spacial score (nSPS) is 17.9. The number of carbonyl (C=O) groups excluding carboxylic acids is 1. The summed E-state index contributed by atoms with van der Waals surface area (Å²) in [6, 6.07) is 12.3. The van der Waals surface area contributed by atoms with E-state index in [4.69, 9.17) is 4.74 Å². The lowest BCUT2D eigenvalue weighted by Gasteiger charge is -2.28. The number of nitrogens with one attached hydrogen (secondary N) is 4. The number of hydrogen-bond acceptors (Lipinski definition) is 8. The maximum absolute atomic E-state index is 13.1. The largest absolute Gasteiger partial charge is 0.443 e. The van der Waals surface area contributed by atoms with E-state index in [-0.39, 0.29) is 10.8 Å². The molecule has 1 aromatic heterocycles. The summed E-state index contributed by atoms with van der Waals surface area (Å²) in [4.78, 5) is 21.3. The van der Waals surface area contributed by atoms with Gasteiger partial charge in [0.2, 0.25) is 16.0 Å². The van der Waals surface area contributed by atoms with Crippen LogP contribution in [0.3, 0.4) is 0 Å². The van der Waals surface area contributed by atoms with Gasteiger partial charge in [-0.15, -0.1) is 0 Å². The van der Waals surface area contributed by atoms with E-state index in [1.807, 2.05) is 24.3 Å². The van der Waals surface area contributed by atoms with Gasteiger partial charge in [-0.25, -0.2) is 32.7 Å². The van der Waals surface area contributed by atoms with E-state index in [0.717, 1.165) is 48.7 Å². The van der Waals surface area contributed by atoms with Crippen molar-refractivity contribution in [2.24, 2.45) is 11.8 Å². The van der Waals surface area contributed by atoms with Crippen LogP contribution < -0.4 is 20.9 Å². The number of benzene rings is 2. The van der Waals surface area contributed by atoms with E-state index in [2.05, 4.69) is 30.9 Å². The molecule has 0 spiro atoms. The standard InChI is InChI=1S/C27H35FN6O4S/c1-27(2,3)38-26(35)34-33-24-22-6-4-5-7-23(22)31-25(32-24)29-16-18-8-10-19(11-9-18)17-30-39(36,37)21-14-12-20(28)13-15-21/h4-7,12-15,18-19,30H,8-11,16-17H2,1-3H3,(H,34,35)(H2,29,31,32,33)/t18-,19-. The zero-order valence-corrected chi connectivity index (χ0v) is 23.1. The molecule has 4 N–H and O–H groups in total. The molecule has 2 aromatic carbocycles. The second kappa shape index (κ2) is 12.1.